The number of carbonyl (C=O) groups excluding carboxylic acids is 1. The zero-order valence-corrected chi connectivity index (χ0v) is 13.5. The van der Waals surface area contributed by atoms with Gasteiger partial charge in [0, 0.05) is 24.2 Å². The van der Waals surface area contributed by atoms with Gasteiger partial charge in [-0.15, -0.1) is 0 Å². The van der Waals surface area contributed by atoms with Crippen LogP contribution in [0.1, 0.15) is 19.4 Å². The summed E-state index contributed by atoms with van der Waals surface area (Å²) in [6.07, 6.45) is -2.87. The summed E-state index contributed by atoms with van der Waals surface area (Å²) >= 11 is 1.08. The number of nitrogens with zero attached hydrogens (tertiary/aromatic N) is 3. The van der Waals surface area contributed by atoms with E-state index in [9.17, 15) is 18.0 Å². The Hall–Kier alpha value is -1.96. The minimum Gasteiger partial charge on any atom is -0.323 e. The quantitative estimate of drug-likeness (QED) is 0.828. The minimum absolute atomic E-state index is 0.258. The Balaban J connectivity index is 2.15. The molecule has 8 heteroatoms. The van der Waals surface area contributed by atoms with Gasteiger partial charge in [-0.05, 0) is 38.1 Å². The maximum atomic E-state index is 12.7. The number of amides is 1. The number of aromatic nitrogens is 2. The third-order valence-electron chi connectivity index (χ3n) is 3.18. The maximum absolute atomic E-state index is 12.7. The topological polar surface area (TPSA) is 38.1 Å². The van der Waals surface area contributed by atoms with Crippen LogP contribution in [0.15, 0.2) is 46.5 Å². The molecular formula is C15H16F3N3OS. The number of hydrogen-bond donors (Lipinski definition) is 0. The van der Waals surface area contributed by atoms with Crippen LogP contribution in [0.4, 0.5) is 18.0 Å². The highest BCUT2D eigenvalue weighted by Gasteiger charge is 2.30. The first-order valence-electron chi connectivity index (χ1n) is 7.05. The van der Waals surface area contributed by atoms with Crippen LogP contribution in [0, 0.1) is 0 Å². The fraction of sp³-hybridized carbons (Fsp3) is 0.333. The molecule has 1 aromatic carbocycles. The van der Waals surface area contributed by atoms with Crippen molar-refractivity contribution in [3.05, 3.63) is 42.1 Å². The van der Waals surface area contributed by atoms with Crippen LogP contribution in [0.25, 0.3) is 0 Å². The van der Waals surface area contributed by atoms with E-state index in [2.05, 4.69) is 5.10 Å². The van der Waals surface area contributed by atoms with E-state index in [1.807, 2.05) is 13.8 Å². The van der Waals surface area contributed by atoms with Crippen molar-refractivity contribution in [1.29, 1.82) is 0 Å². The number of alkyl halides is 3. The molecule has 2 rings (SSSR count). The van der Waals surface area contributed by atoms with Crippen LogP contribution in [-0.2, 0) is 6.18 Å². The van der Waals surface area contributed by atoms with Crippen molar-refractivity contribution < 1.29 is 18.0 Å². The minimum atomic E-state index is -4.38. The Labute approximate surface area is 136 Å². The first kappa shape index (κ1) is 17.4. The van der Waals surface area contributed by atoms with E-state index in [1.165, 1.54) is 16.9 Å². The normalized spacial score (nSPS) is 11.5. The van der Waals surface area contributed by atoms with Crippen LogP contribution in [0.2, 0.25) is 0 Å². The summed E-state index contributed by atoms with van der Waals surface area (Å²) in [6, 6.07) is 6.36. The molecule has 124 valence electrons. The van der Waals surface area contributed by atoms with Crippen LogP contribution in [0.5, 0.6) is 0 Å². The summed E-state index contributed by atoms with van der Waals surface area (Å²) in [4.78, 5) is 14.1. The van der Waals surface area contributed by atoms with Gasteiger partial charge >= 0.3 is 12.2 Å². The van der Waals surface area contributed by atoms with Gasteiger partial charge in [-0.2, -0.15) is 23.0 Å². The van der Waals surface area contributed by atoms with Gasteiger partial charge < -0.3 is 4.90 Å². The number of rotatable bonds is 4. The third kappa shape index (κ3) is 4.28. The van der Waals surface area contributed by atoms with Gasteiger partial charge in [0.25, 0.3) is 0 Å². The lowest BCUT2D eigenvalue weighted by atomic mass is 10.2. The molecule has 0 aliphatic carbocycles. The van der Waals surface area contributed by atoms with Gasteiger partial charge in [-0.25, -0.2) is 4.79 Å². The van der Waals surface area contributed by atoms with Gasteiger partial charge in [0.1, 0.15) is 5.03 Å². The highest BCUT2D eigenvalue weighted by molar-refractivity contribution is 7.99. The molecule has 2 aromatic rings. The van der Waals surface area contributed by atoms with Crippen molar-refractivity contribution in [3.63, 3.8) is 0 Å². The standard InChI is InChI=1S/C15H16F3N3OS/c1-3-20(4-2)14(22)21-9-8-13(19-21)23-12-7-5-6-11(10-12)15(16,17)18/h5-10H,3-4H2,1-2H3. The summed E-state index contributed by atoms with van der Waals surface area (Å²) in [5.74, 6) is 0. The van der Waals surface area contributed by atoms with Gasteiger partial charge in [-0.1, -0.05) is 17.8 Å². The first-order chi connectivity index (χ1) is 10.8. The molecule has 0 radical (unpaired) electrons. The second-order valence-electron chi connectivity index (χ2n) is 4.68. The van der Waals surface area contributed by atoms with E-state index >= 15 is 0 Å². The average Bonchev–Trinajstić information content (AvgIpc) is 2.96. The monoisotopic (exact) mass is 343 g/mol. The van der Waals surface area contributed by atoms with E-state index < -0.39 is 11.7 Å². The van der Waals surface area contributed by atoms with Crippen molar-refractivity contribution >= 4 is 17.8 Å². The van der Waals surface area contributed by atoms with Crippen LogP contribution in [-0.4, -0.2) is 33.8 Å². The molecule has 0 atom stereocenters. The predicted molar refractivity (Wildman–Crippen MR) is 81.5 cm³/mol. The van der Waals surface area contributed by atoms with Crippen molar-refractivity contribution in [2.24, 2.45) is 0 Å². The van der Waals surface area contributed by atoms with E-state index in [0.29, 0.717) is 23.0 Å². The van der Waals surface area contributed by atoms with E-state index in [4.69, 9.17) is 0 Å². The van der Waals surface area contributed by atoms with Crippen molar-refractivity contribution in [2.45, 2.75) is 29.9 Å². The molecule has 0 aliphatic heterocycles. The molecule has 0 fully saturated rings. The van der Waals surface area contributed by atoms with E-state index in [0.717, 1.165) is 23.9 Å². The molecule has 0 aliphatic rings. The Bertz CT molecular complexity index is 681. The number of carbonyl (C=O) groups is 1. The molecule has 23 heavy (non-hydrogen) atoms. The number of halogens is 3. The van der Waals surface area contributed by atoms with Crippen molar-refractivity contribution in [2.75, 3.05) is 13.1 Å². The molecule has 0 N–H and O–H groups in total. The second-order valence-corrected chi connectivity index (χ2v) is 5.77. The molecular weight excluding hydrogens is 327 g/mol. The molecule has 0 saturated carbocycles. The average molecular weight is 343 g/mol. The van der Waals surface area contributed by atoms with E-state index in [-0.39, 0.29) is 6.03 Å². The smallest absolute Gasteiger partial charge is 0.323 e. The van der Waals surface area contributed by atoms with Crippen molar-refractivity contribution in [3.8, 4) is 0 Å². The van der Waals surface area contributed by atoms with Gasteiger partial charge in [0.05, 0.1) is 5.56 Å². The lowest BCUT2D eigenvalue weighted by Crippen LogP contribution is -2.34. The second kappa shape index (κ2) is 7.08. The van der Waals surface area contributed by atoms with Gasteiger partial charge in [0.2, 0.25) is 0 Å². The largest absolute Gasteiger partial charge is 0.416 e. The predicted octanol–water partition coefficient (Wildman–Crippen LogP) is 4.36. The van der Waals surface area contributed by atoms with Gasteiger partial charge in [0.15, 0.2) is 0 Å². The fourth-order valence-electron chi connectivity index (χ4n) is 1.96. The van der Waals surface area contributed by atoms with Crippen LogP contribution >= 0.6 is 11.8 Å². The number of hydrogen-bond acceptors (Lipinski definition) is 3. The highest BCUT2D eigenvalue weighted by atomic mass is 32.2. The SMILES string of the molecule is CCN(CC)C(=O)n1ccc(Sc2cccc(C(F)(F)F)c2)n1. The first-order valence-corrected chi connectivity index (χ1v) is 7.86. The molecule has 0 saturated heterocycles. The molecule has 0 unspecified atom stereocenters. The maximum Gasteiger partial charge on any atom is 0.416 e. The molecule has 1 heterocycles. The van der Waals surface area contributed by atoms with Crippen LogP contribution in [0.3, 0.4) is 0 Å². The Kier molecular flexibility index (Phi) is 5.35. The summed E-state index contributed by atoms with van der Waals surface area (Å²) in [5, 5.41) is 4.58. The summed E-state index contributed by atoms with van der Waals surface area (Å²) in [6.45, 7) is 4.85. The lowest BCUT2D eigenvalue weighted by molar-refractivity contribution is -0.137. The molecule has 0 bridgehead atoms. The highest BCUT2D eigenvalue weighted by Crippen LogP contribution is 2.33. The number of benzene rings is 1. The zero-order chi connectivity index (χ0) is 17.0. The van der Waals surface area contributed by atoms with Crippen LogP contribution < -0.4 is 0 Å². The summed E-state index contributed by atoms with van der Waals surface area (Å²) in [7, 11) is 0. The Morgan fingerprint density at radius 2 is 1.96 bits per heavy atom. The molecule has 4 nitrogen and oxygen atoms in total. The zero-order valence-electron chi connectivity index (χ0n) is 12.7. The molecule has 1 aromatic heterocycles. The lowest BCUT2D eigenvalue weighted by Gasteiger charge is -2.17. The molecule has 0 spiro atoms. The fourth-order valence-corrected chi connectivity index (χ4v) is 2.80. The van der Waals surface area contributed by atoms with E-state index in [1.54, 1.807) is 17.0 Å². The van der Waals surface area contributed by atoms with Crippen molar-refractivity contribution in [1.82, 2.24) is 14.7 Å². The Morgan fingerprint density at radius 3 is 2.57 bits per heavy atom. The summed E-state index contributed by atoms with van der Waals surface area (Å²) < 4.78 is 39.3. The summed E-state index contributed by atoms with van der Waals surface area (Å²) in [5.41, 5.74) is -0.707. The third-order valence-corrected chi connectivity index (χ3v) is 4.09. The van der Waals surface area contributed by atoms with Gasteiger partial charge in [-0.3, -0.25) is 0 Å². The Morgan fingerprint density at radius 1 is 1.26 bits per heavy atom. The molecule has 1 amide bonds.